The minimum Gasteiger partial charge on any atom is -0.744 e. The van der Waals surface area contributed by atoms with Crippen LogP contribution in [0.1, 0.15) is 11.1 Å². The molecule has 39 heavy (non-hydrogen) atoms. The SMILES string of the molecule is CN(C)c1ccc(C(=C2C=CC(C[NH3+])(C[NH3+])C=C2)c2c(O)c(S(=O)(=O)[O-])cc3cc(S(=O)(=O)[O-])ccc23)cc1. The van der Waals surface area contributed by atoms with Gasteiger partial charge in [-0.15, -0.1) is 0 Å². The second kappa shape index (κ2) is 10.2. The molecule has 3 aromatic carbocycles. The van der Waals surface area contributed by atoms with Gasteiger partial charge in [0.25, 0.3) is 0 Å². The van der Waals surface area contributed by atoms with Crippen molar-refractivity contribution >= 4 is 42.3 Å². The minimum atomic E-state index is -5.20. The molecule has 0 bridgehead atoms. The van der Waals surface area contributed by atoms with Crippen LogP contribution in [0.15, 0.2) is 88.2 Å². The van der Waals surface area contributed by atoms with Gasteiger partial charge in [0.05, 0.1) is 22.9 Å². The molecule has 0 atom stereocenters. The number of aromatic hydroxyl groups is 1. The van der Waals surface area contributed by atoms with Crippen LogP contribution in [0.5, 0.6) is 5.75 Å². The lowest BCUT2D eigenvalue weighted by atomic mass is 9.80. The highest BCUT2D eigenvalue weighted by atomic mass is 32.2. The van der Waals surface area contributed by atoms with Crippen LogP contribution in [-0.4, -0.2) is 58.2 Å². The molecule has 0 fully saturated rings. The Morgan fingerprint density at radius 1 is 0.897 bits per heavy atom. The van der Waals surface area contributed by atoms with Crippen molar-refractivity contribution in [3.05, 3.63) is 89.5 Å². The summed E-state index contributed by atoms with van der Waals surface area (Å²) in [5.74, 6) is -0.776. The molecule has 3 aromatic rings. The molecule has 7 N–H and O–H groups in total. The lowest BCUT2D eigenvalue weighted by molar-refractivity contribution is -0.429. The van der Waals surface area contributed by atoms with Gasteiger partial charge in [0.1, 0.15) is 31.4 Å². The molecule has 12 heteroatoms. The van der Waals surface area contributed by atoms with Crippen molar-refractivity contribution in [3.8, 4) is 5.75 Å². The van der Waals surface area contributed by atoms with Gasteiger partial charge >= 0.3 is 0 Å². The van der Waals surface area contributed by atoms with Crippen molar-refractivity contribution in [2.75, 3.05) is 32.1 Å². The Kier molecular flexibility index (Phi) is 7.47. The van der Waals surface area contributed by atoms with Crippen LogP contribution in [0.3, 0.4) is 0 Å². The van der Waals surface area contributed by atoms with Gasteiger partial charge in [0, 0.05) is 30.9 Å². The highest BCUT2D eigenvalue weighted by Crippen LogP contribution is 2.44. The number of phenolic OH excluding ortho intramolecular Hbond substituents is 1. The van der Waals surface area contributed by atoms with E-state index in [1.54, 1.807) is 12.1 Å². The summed E-state index contributed by atoms with van der Waals surface area (Å²) in [5.41, 5.74) is 10.1. The Morgan fingerprint density at radius 3 is 1.97 bits per heavy atom. The molecule has 1 aliphatic carbocycles. The van der Waals surface area contributed by atoms with Crippen LogP contribution in [0.4, 0.5) is 5.69 Å². The smallest absolute Gasteiger partial charge is 0.141 e. The van der Waals surface area contributed by atoms with E-state index < -0.39 is 35.8 Å². The maximum absolute atomic E-state index is 12.2. The Balaban J connectivity index is 2.15. The highest BCUT2D eigenvalue weighted by molar-refractivity contribution is 7.86. The van der Waals surface area contributed by atoms with Gasteiger partial charge < -0.3 is 30.6 Å². The van der Waals surface area contributed by atoms with E-state index in [9.17, 15) is 31.0 Å². The first-order valence-corrected chi connectivity index (χ1v) is 14.7. The average Bonchev–Trinajstić information content (AvgIpc) is 2.89. The molecule has 0 unspecified atom stereocenters. The minimum absolute atomic E-state index is 0.00852. The number of hydrogen-bond acceptors (Lipinski definition) is 8. The summed E-state index contributed by atoms with van der Waals surface area (Å²) in [6.45, 7) is 1.10. The number of nitrogens with zero attached hydrogens (tertiary/aromatic N) is 1. The van der Waals surface area contributed by atoms with Gasteiger partial charge in [-0.25, -0.2) is 16.8 Å². The van der Waals surface area contributed by atoms with Crippen molar-refractivity contribution in [2.24, 2.45) is 5.41 Å². The van der Waals surface area contributed by atoms with Gasteiger partial charge in [0.2, 0.25) is 0 Å². The normalized spacial score (nSPS) is 15.1. The third kappa shape index (κ3) is 5.48. The van der Waals surface area contributed by atoms with Crippen LogP contribution in [0.25, 0.3) is 16.3 Å². The zero-order valence-electron chi connectivity index (χ0n) is 21.4. The molecular formula is C27H29N3O7S2. The van der Waals surface area contributed by atoms with E-state index in [1.807, 2.05) is 55.4 Å². The molecule has 10 nitrogen and oxygen atoms in total. The zero-order chi connectivity index (χ0) is 28.8. The fraction of sp³-hybridized carbons (Fsp3) is 0.185. The van der Waals surface area contributed by atoms with Crippen molar-refractivity contribution < 1.29 is 42.5 Å². The summed E-state index contributed by atoms with van der Waals surface area (Å²) >= 11 is 0. The number of anilines is 1. The van der Waals surface area contributed by atoms with Gasteiger partial charge in [-0.05, 0) is 52.2 Å². The van der Waals surface area contributed by atoms with E-state index in [2.05, 4.69) is 11.5 Å². The predicted molar refractivity (Wildman–Crippen MR) is 145 cm³/mol. The van der Waals surface area contributed by atoms with Crippen LogP contribution < -0.4 is 16.4 Å². The Labute approximate surface area is 227 Å². The van der Waals surface area contributed by atoms with Crippen molar-refractivity contribution in [1.82, 2.24) is 0 Å². The number of hydrogen-bond donors (Lipinski definition) is 3. The molecule has 0 saturated heterocycles. The van der Waals surface area contributed by atoms with Gasteiger partial charge in [-0.1, -0.05) is 42.5 Å². The molecule has 4 rings (SSSR count). The topological polar surface area (TPSA) is 193 Å². The molecule has 0 aliphatic heterocycles. The largest absolute Gasteiger partial charge is 0.744 e. The van der Waals surface area contributed by atoms with Crippen molar-refractivity contribution in [2.45, 2.75) is 9.79 Å². The Morgan fingerprint density at radius 2 is 1.49 bits per heavy atom. The lowest BCUT2D eigenvalue weighted by Crippen LogP contribution is -2.66. The molecule has 0 saturated carbocycles. The summed E-state index contributed by atoms with van der Waals surface area (Å²) in [5, 5.41) is 11.5. The highest BCUT2D eigenvalue weighted by Gasteiger charge is 2.29. The number of allylic oxidation sites excluding steroid dienone is 3. The summed E-state index contributed by atoms with van der Waals surface area (Å²) in [4.78, 5) is 0.372. The summed E-state index contributed by atoms with van der Waals surface area (Å²) < 4.78 is 71.6. The second-order valence-corrected chi connectivity index (χ2v) is 12.3. The molecular weight excluding hydrogens is 542 g/mol. The van der Waals surface area contributed by atoms with E-state index in [4.69, 9.17) is 0 Å². The lowest BCUT2D eigenvalue weighted by Gasteiger charge is -2.25. The first kappa shape index (κ1) is 28.5. The van der Waals surface area contributed by atoms with Crippen molar-refractivity contribution in [1.29, 1.82) is 0 Å². The van der Waals surface area contributed by atoms with E-state index in [1.165, 1.54) is 6.07 Å². The van der Waals surface area contributed by atoms with Crippen LogP contribution in [0.2, 0.25) is 0 Å². The van der Waals surface area contributed by atoms with E-state index in [-0.39, 0.29) is 21.8 Å². The molecule has 1 aliphatic rings. The average molecular weight is 572 g/mol. The fourth-order valence-corrected chi connectivity index (χ4v) is 5.69. The number of quaternary nitrogens is 2. The summed E-state index contributed by atoms with van der Waals surface area (Å²) in [7, 11) is -6.32. The Bertz CT molecular complexity index is 1740. The van der Waals surface area contributed by atoms with Gasteiger partial charge in [0.15, 0.2) is 0 Å². The maximum atomic E-state index is 12.2. The monoisotopic (exact) mass is 571 g/mol. The molecule has 0 heterocycles. The number of rotatable bonds is 7. The van der Waals surface area contributed by atoms with Crippen LogP contribution in [-0.2, 0) is 20.2 Å². The van der Waals surface area contributed by atoms with Gasteiger partial charge in [-0.2, -0.15) is 0 Å². The fourth-order valence-electron chi connectivity index (χ4n) is 4.58. The predicted octanol–water partition coefficient (Wildman–Crippen LogP) is 0.818. The molecule has 0 aromatic heterocycles. The Hall–Kier alpha value is -3.52. The standard InChI is InChI=1S/C27H29N3O7S2/c1-30(2)20-5-3-17(4-6-20)24(18-9-11-27(15-28,16-29)12-10-18)25-22-8-7-21(38(32,33)34)13-19(22)14-23(26(25)31)39(35,36)37/h3-14,31H,15-16,28-29H2,1-2H3,(H,32,33,34)(H,35,36,37). The first-order chi connectivity index (χ1) is 18.2. The quantitative estimate of drug-likeness (QED) is 0.347. The molecule has 0 amide bonds. The van der Waals surface area contributed by atoms with E-state index in [0.717, 1.165) is 23.9 Å². The second-order valence-electron chi connectivity index (χ2n) is 9.56. The third-order valence-corrected chi connectivity index (χ3v) is 8.62. The third-order valence-electron chi connectivity index (χ3n) is 6.94. The number of fused-ring (bicyclic) bond motifs is 1. The first-order valence-electron chi connectivity index (χ1n) is 11.9. The van der Waals surface area contributed by atoms with Crippen LogP contribution in [0, 0.1) is 5.41 Å². The summed E-state index contributed by atoms with van der Waals surface area (Å²) in [6.07, 6.45) is 7.52. The number of benzene rings is 3. The zero-order valence-corrected chi connectivity index (χ0v) is 23.1. The molecule has 206 valence electrons. The maximum Gasteiger partial charge on any atom is 0.141 e. The van der Waals surface area contributed by atoms with E-state index in [0.29, 0.717) is 29.8 Å². The molecule has 0 spiro atoms. The van der Waals surface area contributed by atoms with Crippen LogP contribution >= 0.6 is 0 Å². The van der Waals surface area contributed by atoms with E-state index >= 15 is 0 Å². The van der Waals surface area contributed by atoms with Gasteiger partial charge in [-0.3, -0.25) is 0 Å². The summed E-state index contributed by atoms with van der Waals surface area (Å²) in [6, 6.07) is 11.6. The molecule has 0 radical (unpaired) electrons. The van der Waals surface area contributed by atoms with Crippen molar-refractivity contribution in [3.63, 3.8) is 0 Å². The number of phenols is 1.